The minimum Gasteiger partial charge on any atom is -0.378 e. The average molecular weight is 279 g/mol. The van der Waals surface area contributed by atoms with Crippen molar-refractivity contribution in [2.24, 2.45) is 0 Å². The molecule has 0 aliphatic carbocycles. The van der Waals surface area contributed by atoms with Crippen LogP contribution in [-0.4, -0.2) is 61.5 Å². The predicted octanol–water partition coefficient (Wildman–Crippen LogP) is -0.834. The molecule has 3 rings (SSSR count). The molecule has 1 aromatic heterocycles. The SMILES string of the molecule is CC1(C)CNCCN1C(=O)C1(O)CCc2ncnn2C1. The van der Waals surface area contributed by atoms with E-state index in [9.17, 15) is 9.90 Å². The van der Waals surface area contributed by atoms with Crippen LogP contribution in [0.1, 0.15) is 26.1 Å². The van der Waals surface area contributed by atoms with E-state index in [2.05, 4.69) is 15.4 Å². The van der Waals surface area contributed by atoms with E-state index in [0.29, 0.717) is 19.4 Å². The summed E-state index contributed by atoms with van der Waals surface area (Å²) < 4.78 is 1.64. The predicted molar refractivity (Wildman–Crippen MR) is 72.0 cm³/mol. The highest BCUT2D eigenvalue weighted by Crippen LogP contribution is 2.28. The van der Waals surface area contributed by atoms with Gasteiger partial charge in [0.1, 0.15) is 12.2 Å². The lowest BCUT2D eigenvalue weighted by Crippen LogP contribution is -2.65. The van der Waals surface area contributed by atoms with Crippen LogP contribution in [0.25, 0.3) is 0 Å². The molecule has 1 unspecified atom stereocenters. The van der Waals surface area contributed by atoms with Crippen molar-refractivity contribution >= 4 is 5.91 Å². The summed E-state index contributed by atoms with van der Waals surface area (Å²) in [5.74, 6) is 0.646. The number of carbonyl (C=O) groups excluding carboxylic acids is 1. The third-order valence-electron chi connectivity index (χ3n) is 4.31. The first-order valence-corrected chi connectivity index (χ1v) is 7.04. The fourth-order valence-corrected chi connectivity index (χ4v) is 3.04. The van der Waals surface area contributed by atoms with Gasteiger partial charge in [0.2, 0.25) is 0 Å². The number of rotatable bonds is 1. The summed E-state index contributed by atoms with van der Waals surface area (Å²) >= 11 is 0. The van der Waals surface area contributed by atoms with Gasteiger partial charge in [-0.2, -0.15) is 5.10 Å². The lowest BCUT2D eigenvalue weighted by atomic mass is 9.89. The molecular formula is C13H21N5O2. The molecule has 0 spiro atoms. The molecule has 0 saturated carbocycles. The second kappa shape index (κ2) is 4.53. The molecule has 1 amide bonds. The molecule has 1 atom stereocenters. The Balaban J connectivity index is 1.83. The zero-order valence-corrected chi connectivity index (χ0v) is 12.0. The molecule has 110 valence electrons. The zero-order chi connectivity index (χ0) is 14.4. The summed E-state index contributed by atoms with van der Waals surface area (Å²) in [6.07, 6.45) is 2.46. The number of nitrogens with zero attached hydrogens (tertiary/aromatic N) is 4. The number of aromatic nitrogens is 3. The molecule has 1 fully saturated rings. The van der Waals surface area contributed by atoms with Crippen LogP contribution in [0.3, 0.4) is 0 Å². The summed E-state index contributed by atoms with van der Waals surface area (Å²) in [6.45, 7) is 6.36. The Morgan fingerprint density at radius 1 is 1.50 bits per heavy atom. The number of piperazine rings is 1. The number of aliphatic hydroxyl groups is 1. The van der Waals surface area contributed by atoms with Gasteiger partial charge in [0.05, 0.1) is 6.54 Å². The number of carbonyl (C=O) groups is 1. The second-order valence-corrected chi connectivity index (χ2v) is 6.31. The molecule has 20 heavy (non-hydrogen) atoms. The Kier molecular flexibility index (Phi) is 3.06. The molecule has 1 saturated heterocycles. The Labute approximate surface area is 118 Å². The normalized spacial score (nSPS) is 29.1. The van der Waals surface area contributed by atoms with Crippen molar-refractivity contribution in [1.29, 1.82) is 0 Å². The first kappa shape index (κ1) is 13.5. The maximum Gasteiger partial charge on any atom is 0.257 e. The minimum atomic E-state index is -1.37. The van der Waals surface area contributed by atoms with E-state index in [4.69, 9.17) is 0 Å². The van der Waals surface area contributed by atoms with Gasteiger partial charge in [-0.05, 0) is 20.3 Å². The van der Waals surface area contributed by atoms with E-state index >= 15 is 0 Å². The van der Waals surface area contributed by atoms with Crippen molar-refractivity contribution in [2.45, 2.75) is 44.4 Å². The molecule has 7 nitrogen and oxygen atoms in total. The van der Waals surface area contributed by atoms with Crippen molar-refractivity contribution < 1.29 is 9.90 Å². The highest BCUT2D eigenvalue weighted by atomic mass is 16.3. The van der Waals surface area contributed by atoms with Crippen LogP contribution in [0.4, 0.5) is 0 Å². The van der Waals surface area contributed by atoms with Crippen molar-refractivity contribution in [3.63, 3.8) is 0 Å². The van der Waals surface area contributed by atoms with Crippen LogP contribution in [0.5, 0.6) is 0 Å². The highest BCUT2D eigenvalue weighted by molar-refractivity contribution is 5.86. The third kappa shape index (κ3) is 2.10. The molecule has 1 aromatic rings. The van der Waals surface area contributed by atoms with Crippen molar-refractivity contribution in [2.75, 3.05) is 19.6 Å². The number of nitrogens with one attached hydrogen (secondary N) is 1. The van der Waals surface area contributed by atoms with Crippen LogP contribution in [0.15, 0.2) is 6.33 Å². The van der Waals surface area contributed by atoms with Gasteiger partial charge in [-0.15, -0.1) is 0 Å². The van der Waals surface area contributed by atoms with E-state index < -0.39 is 5.60 Å². The molecule has 3 heterocycles. The molecule has 0 bridgehead atoms. The van der Waals surface area contributed by atoms with Crippen LogP contribution < -0.4 is 5.32 Å². The maximum atomic E-state index is 12.8. The van der Waals surface area contributed by atoms with Crippen LogP contribution in [0, 0.1) is 0 Å². The zero-order valence-electron chi connectivity index (χ0n) is 12.0. The fourth-order valence-electron chi connectivity index (χ4n) is 3.04. The van der Waals surface area contributed by atoms with Crippen LogP contribution in [-0.2, 0) is 17.8 Å². The van der Waals surface area contributed by atoms with Crippen molar-refractivity contribution in [3.8, 4) is 0 Å². The van der Waals surface area contributed by atoms with E-state index in [1.54, 1.807) is 9.58 Å². The number of fused-ring (bicyclic) bond motifs is 1. The topological polar surface area (TPSA) is 83.3 Å². The molecule has 2 aliphatic heterocycles. The quantitative estimate of drug-likeness (QED) is 0.701. The molecule has 2 N–H and O–H groups in total. The van der Waals surface area contributed by atoms with Crippen LogP contribution in [0.2, 0.25) is 0 Å². The van der Waals surface area contributed by atoms with E-state index in [1.807, 2.05) is 13.8 Å². The monoisotopic (exact) mass is 279 g/mol. The van der Waals surface area contributed by atoms with Gasteiger partial charge in [0, 0.05) is 31.6 Å². The van der Waals surface area contributed by atoms with Crippen molar-refractivity contribution in [3.05, 3.63) is 12.2 Å². The maximum absolute atomic E-state index is 12.8. The molecule has 7 heteroatoms. The largest absolute Gasteiger partial charge is 0.378 e. The lowest BCUT2D eigenvalue weighted by Gasteiger charge is -2.46. The Morgan fingerprint density at radius 3 is 3.05 bits per heavy atom. The summed E-state index contributed by atoms with van der Waals surface area (Å²) in [6, 6.07) is 0. The van der Waals surface area contributed by atoms with Gasteiger partial charge < -0.3 is 15.3 Å². The fraction of sp³-hybridized carbons (Fsp3) is 0.769. The number of amides is 1. The lowest BCUT2D eigenvalue weighted by molar-refractivity contribution is -0.162. The smallest absolute Gasteiger partial charge is 0.257 e. The molecule has 0 aromatic carbocycles. The van der Waals surface area contributed by atoms with Gasteiger partial charge >= 0.3 is 0 Å². The summed E-state index contributed by atoms with van der Waals surface area (Å²) in [7, 11) is 0. The third-order valence-corrected chi connectivity index (χ3v) is 4.31. The van der Waals surface area contributed by atoms with E-state index in [1.165, 1.54) is 6.33 Å². The van der Waals surface area contributed by atoms with Crippen LogP contribution >= 0.6 is 0 Å². The Hall–Kier alpha value is -1.47. The van der Waals surface area contributed by atoms with Gasteiger partial charge in [-0.25, -0.2) is 9.67 Å². The number of hydrogen-bond acceptors (Lipinski definition) is 5. The van der Waals surface area contributed by atoms with E-state index in [-0.39, 0.29) is 18.0 Å². The Bertz CT molecular complexity index is 527. The minimum absolute atomic E-state index is 0.190. The molecule has 2 aliphatic rings. The first-order valence-electron chi connectivity index (χ1n) is 7.04. The standard InChI is InChI=1S/C13H21N5O2/c1-12(2)7-14-5-6-17(12)11(19)13(20)4-3-10-15-9-16-18(10)8-13/h9,14,20H,3-8H2,1-2H3. The molecule has 0 radical (unpaired) electrons. The van der Waals surface area contributed by atoms with E-state index in [0.717, 1.165) is 18.9 Å². The first-order chi connectivity index (χ1) is 9.42. The van der Waals surface area contributed by atoms with Crippen molar-refractivity contribution in [1.82, 2.24) is 25.0 Å². The summed E-state index contributed by atoms with van der Waals surface area (Å²) in [5, 5.41) is 18.2. The van der Waals surface area contributed by atoms with Gasteiger partial charge in [0.25, 0.3) is 5.91 Å². The van der Waals surface area contributed by atoms with Gasteiger partial charge in [-0.1, -0.05) is 0 Å². The van der Waals surface area contributed by atoms with Gasteiger partial charge in [0.15, 0.2) is 5.60 Å². The highest BCUT2D eigenvalue weighted by Gasteiger charge is 2.46. The number of hydrogen-bond donors (Lipinski definition) is 2. The Morgan fingerprint density at radius 2 is 2.30 bits per heavy atom. The summed E-state index contributed by atoms with van der Waals surface area (Å²) in [4.78, 5) is 18.7. The average Bonchev–Trinajstić information content (AvgIpc) is 2.84. The molecular weight excluding hydrogens is 258 g/mol. The number of aryl methyl sites for hydroxylation is 1. The second-order valence-electron chi connectivity index (χ2n) is 6.31. The summed E-state index contributed by atoms with van der Waals surface area (Å²) in [5.41, 5.74) is -1.65. The van der Waals surface area contributed by atoms with Gasteiger partial charge in [-0.3, -0.25) is 4.79 Å².